The van der Waals surface area contributed by atoms with E-state index in [0.717, 1.165) is 29.5 Å². The number of fused-ring (bicyclic) bond motifs is 1. The second-order valence-corrected chi connectivity index (χ2v) is 11.4. The van der Waals surface area contributed by atoms with Gasteiger partial charge < -0.3 is 19.6 Å². The summed E-state index contributed by atoms with van der Waals surface area (Å²) in [4.78, 5) is 34.2. The fraction of sp³-hybridized carbons (Fsp3) is 0.519. The predicted octanol–water partition coefficient (Wildman–Crippen LogP) is 5.23. The van der Waals surface area contributed by atoms with Gasteiger partial charge >= 0.3 is 6.09 Å². The van der Waals surface area contributed by atoms with Crippen LogP contribution in [0.3, 0.4) is 0 Å². The minimum Gasteiger partial charge on any atom is -0.444 e. The number of pyridine rings is 1. The first kappa shape index (κ1) is 25.5. The Bertz CT molecular complexity index is 1140. The maximum Gasteiger partial charge on any atom is 0.410 e. The second kappa shape index (κ2) is 9.43. The van der Waals surface area contributed by atoms with Crippen LogP contribution in [0.15, 0.2) is 30.5 Å². The molecule has 2 aliphatic rings. The summed E-state index contributed by atoms with van der Waals surface area (Å²) in [6, 6.07) is 7.09. The molecule has 1 fully saturated rings. The summed E-state index contributed by atoms with van der Waals surface area (Å²) in [5, 5.41) is 11.0. The number of aromatic nitrogens is 1. The summed E-state index contributed by atoms with van der Waals surface area (Å²) in [6.07, 6.45) is 3.61. The molecule has 1 N–H and O–H groups in total. The number of nitrogens with zero attached hydrogens (tertiary/aromatic N) is 3. The third-order valence-corrected chi connectivity index (χ3v) is 6.72. The number of rotatable bonds is 3. The van der Waals surface area contributed by atoms with Gasteiger partial charge in [0.15, 0.2) is 0 Å². The zero-order valence-corrected chi connectivity index (χ0v) is 21.9. The van der Waals surface area contributed by atoms with Crippen molar-refractivity contribution in [3.8, 4) is 0 Å². The van der Waals surface area contributed by atoms with Crippen molar-refractivity contribution in [3.63, 3.8) is 0 Å². The van der Waals surface area contributed by atoms with Crippen molar-refractivity contribution in [1.82, 2.24) is 14.8 Å². The van der Waals surface area contributed by atoms with E-state index in [4.69, 9.17) is 16.3 Å². The van der Waals surface area contributed by atoms with E-state index in [1.54, 1.807) is 37.1 Å². The van der Waals surface area contributed by atoms with Crippen molar-refractivity contribution in [3.05, 3.63) is 63.4 Å². The Morgan fingerprint density at radius 3 is 2.57 bits per heavy atom. The molecule has 2 aromatic rings. The van der Waals surface area contributed by atoms with Crippen LogP contribution < -0.4 is 0 Å². The first-order valence-electron chi connectivity index (χ1n) is 12.1. The van der Waals surface area contributed by atoms with E-state index < -0.39 is 11.2 Å². The zero-order chi connectivity index (χ0) is 25.5. The molecule has 0 spiro atoms. The first-order valence-corrected chi connectivity index (χ1v) is 12.5. The van der Waals surface area contributed by atoms with Gasteiger partial charge in [-0.05, 0) is 94.8 Å². The highest BCUT2D eigenvalue weighted by Gasteiger charge is 2.36. The Balaban J connectivity index is 1.63. The van der Waals surface area contributed by atoms with Crippen LogP contribution in [0.2, 0.25) is 5.02 Å². The Labute approximate surface area is 212 Å². The first-order chi connectivity index (χ1) is 16.3. The maximum atomic E-state index is 13.4. The lowest BCUT2D eigenvalue weighted by atomic mass is 9.90. The van der Waals surface area contributed by atoms with E-state index >= 15 is 0 Å². The molecule has 1 aromatic heterocycles. The van der Waals surface area contributed by atoms with E-state index in [1.807, 2.05) is 37.8 Å². The van der Waals surface area contributed by atoms with Crippen molar-refractivity contribution >= 4 is 23.6 Å². The Hall–Kier alpha value is -2.64. The molecule has 1 atom stereocenters. The summed E-state index contributed by atoms with van der Waals surface area (Å²) in [5.41, 5.74) is 2.38. The summed E-state index contributed by atoms with van der Waals surface area (Å²) < 4.78 is 5.67. The maximum absolute atomic E-state index is 13.4. The van der Waals surface area contributed by atoms with Crippen LogP contribution in [0.5, 0.6) is 0 Å². The molecule has 0 unspecified atom stereocenters. The molecule has 0 bridgehead atoms. The van der Waals surface area contributed by atoms with E-state index in [-0.39, 0.29) is 18.0 Å². The van der Waals surface area contributed by atoms with Gasteiger partial charge in [0.25, 0.3) is 5.91 Å². The van der Waals surface area contributed by atoms with Gasteiger partial charge in [-0.1, -0.05) is 11.6 Å². The normalized spacial score (nSPS) is 18.4. The number of halogens is 1. The van der Waals surface area contributed by atoms with Crippen molar-refractivity contribution in [2.45, 2.75) is 77.7 Å². The molecule has 0 aliphatic carbocycles. The summed E-state index contributed by atoms with van der Waals surface area (Å²) >= 11 is 6.50. The van der Waals surface area contributed by atoms with Crippen LogP contribution >= 0.6 is 11.6 Å². The Morgan fingerprint density at radius 1 is 1.14 bits per heavy atom. The van der Waals surface area contributed by atoms with Crippen molar-refractivity contribution in [2.75, 3.05) is 13.1 Å². The average molecular weight is 500 g/mol. The topological polar surface area (TPSA) is 83.0 Å². The van der Waals surface area contributed by atoms with Crippen molar-refractivity contribution in [1.29, 1.82) is 0 Å². The quantitative estimate of drug-likeness (QED) is 0.625. The molecule has 2 amide bonds. The van der Waals surface area contributed by atoms with Crippen molar-refractivity contribution in [2.24, 2.45) is 0 Å². The molecule has 35 heavy (non-hydrogen) atoms. The van der Waals surface area contributed by atoms with E-state index in [2.05, 4.69) is 4.98 Å². The van der Waals surface area contributed by atoms with E-state index in [9.17, 15) is 14.7 Å². The van der Waals surface area contributed by atoms with Crippen LogP contribution in [0, 0.1) is 0 Å². The second-order valence-electron chi connectivity index (χ2n) is 10.9. The number of aliphatic hydroxyl groups is 1. The third kappa shape index (κ3) is 5.62. The fourth-order valence-corrected chi connectivity index (χ4v) is 5.09. The molecule has 0 radical (unpaired) electrons. The largest absolute Gasteiger partial charge is 0.444 e. The number of carbonyl (C=O) groups excluding carboxylic acids is 2. The van der Waals surface area contributed by atoms with Gasteiger partial charge in [-0.2, -0.15) is 0 Å². The van der Waals surface area contributed by atoms with Gasteiger partial charge in [0.1, 0.15) is 11.2 Å². The molecule has 1 aromatic carbocycles. The SMILES string of the molecule is CC(C)(C)OC(=O)N1CCC[C@H]1c1cc(Cl)cc2c1CN(C(=O)c1ccnc(C(C)(C)O)c1)CC2. The molecule has 4 rings (SSSR count). The van der Waals surface area contributed by atoms with Crippen LogP contribution in [-0.2, 0) is 23.3 Å². The molecule has 8 heteroatoms. The summed E-state index contributed by atoms with van der Waals surface area (Å²) in [5.74, 6) is -0.111. The standard InChI is InChI=1S/C27H34ClN3O4/c1-26(2,3)35-25(33)31-11-6-7-22(31)20-15-19(28)13-17-9-12-30(16-21(17)20)24(32)18-8-10-29-23(14-18)27(4,5)34/h8,10,13-15,22,34H,6-7,9,11-12,16H2,1-5H3/t22-/m0/s1. The van der Waals surface area contributed by atoms with E-state index in [1.165, 1.54) is 0 Å². The molecular formula is C27H34ClN3O4. The summed E-state index contributed by atoms with van der Waals surface area (Å²) in [7, 11) is 0. The lowest BCUT2D eigenvalue weighted by Gasteiger charge is -2.34. The number of ether oxygens (including phenoxy) is 1. The third-order valence-electron chi connectivity index (χ3n) is 6.50. The zero-order valence-electron chi connectivity index (χ0n) is 21.1. The van der Waals surface area contributed by atoms with Crippen LogP contribution in [0.1, 0.15) is 86.2 Å². The van der Waals surface area contributed by atoms with Crippen LogP contribution in [0.25, 0.3) is 0 Å². The lowest BCUT2D eigenvalue weighted by molar-refractivity contribution is 0.0222. The number of amides is 2. The number of hydrogen-bond acceptors (Lipinski definition) is 5. The monoisotopic (exact) mass is 499 g/mol. The van der Waals surface area contributed by atoms with Crippen LogP contribution in [0.4, 0.5) is 4.79 Å². The van der Waals surface area contributed by atoms with Crippen LogP contribution in [-0.4, -0.2) is 50.6 Å². The Kier molecular flexibility index (Phi) is 6.86. The molecule has 2 aliphatic heterocycles. The molecule has 0 saturated carbocycles. The minimum absolute atomic E-state index is 0.111. The highest BCUT2D eigenvalue weighted by molar-refractivity contribution is 6.30. The van der Waals surface area contributed by atoms with Gasteiger partial charge in [0, 0.05) is 36.4 Å². The van der Waals surface area contributed by atoms with Crippen molar-refractivity contribution < 1.29 is 19.4 Å². The van der Waals surface area contributed by atoms with Gasteiger partial charge in [-0.3, -0.25) is 9.78 Å². The number of benzene rings is 1. The molecular weight excluding hydrogens is 466 g/mol. The number of likely N-dealkylation sites (tertiary alicyclic amines) is 1. The predicted molar refractivity (Wildman–Crippen MR) is 134 cm³/mol. The highest BCUT2D eigenvalue weighted by Crippen LogP contribution is 2.39. The molecule has 3 heterocycles. The number of hydrogen-bond donors (Lipinski definition) is 1. The lowest BCUT2D eigenvalue weighted by Crippen LogP contribution is -2.39. The smallest absolute Gasteiger partial charge is 0.410 e. The van der Waals surface area contributed by atoms with Gasteiger partial charge in [0.2, 0.25) is 0 Å². The number of carbonyl (C=O) groups is 2. The van der Waals surface area contributed by atoms with Gasteiger partial charge in [-0.25, -0.2) is 4.79 Å². The van der Waals surface area contributed by atoms with E-state index in [0.29, 0.717) is 42.3 Å². The Morgan fingerprint density at radius 2 is 1.89 bits per heavy atom. The van der Waals surface area contributed by atoms with Gasteiger partial charge in [-0.15, -0.1) is 0 Å². The molecule has 188 valence electrons. The average Bonchev–Trinajstić information content (AvgIpc) is 3.26. The molecule has 1 saturated heterocycles. The van der Waals surface area contributed by atoms with Gasteiger partial charge in [0.05, 0.1) is 11.7 Å². The molecule has 7 nitrogen and oxygen atoms in total. The summed E-state index contributed by atoms with van der Waals surface area (Å²) in [6.45, 7) is 10.5. The minimum atomic E-state index is -1.14. The highest BCUT2D eigenvalue weighted by atomic mass is 35.5. The fourth-order valence-electron chi connectivity index (χ4n) is 4.84.